The van der Waals surface area contributed by atoms with Crippen LogP contribution in [0.4, 0.5) is 4.79 Å². The van der Waals surface area contributed by atoms with Crippen molar-refractivity contribution in [2.24, 2.45) is 0 Å². The number of hydrogen-bond acceptors (Lipinski definition) is 6. The number of rotatable bonds is 5. The monoisotopic (exact) mass is 297 g/mol. The fraction of sp³-hybridized carbons (Fsp3) is 0.875. The van der Waals surface area contributed by atoms with E-state index in [4.69, 9.17) is 0 Å². The van der Waals surface area contributed by atoms with E-state index >= 15 is 0 Å². The molecule has 3 atom stereocenters. The van der Waals surface area contributed by atoms with E-state index in [0.29, 0.717) is 12.3 Å². The molecule has 2 aliphatic rings. The third-order valence-corrected chi connectivity index (χ3v) is 6.53. The minimum atomic E-state index is -2.96. The van der Waals surface area contributed by atoms with Crippen LogP contribution >= 0.6 is 22.6 Å². The van der Waals surface area contributed by atoms with Crippen molar-refractivity contribution >= 4 is 37.5 Å². The first-order valence-corrected chi connectivity index (χ1v) is 9.66. The van der Waals surface area contributed by atoms with E-state index in [-0.39, 0.29) is 23.5 Å². The molecule has 2 fully saturated rings. The van der Waals surface area contributed by atoms with Gasteiger partial charge in [0.2, 0.25) is 0 Å². The van der Waals surface area contributed by atoms with Gasteiger partial charge < -0.3 is 16.0 Å². The van der Waals surface area contributed by atoms with Crippen molar-refractivity contribution in [1.82, 2.24) is 16.0 Å². The molecule has 0 aromatic carbocycles. The van der Waals surface area contributed by atoms with Crippen molar-refractivity contribution < 1.29 is 13.2 Å². The van der Waals surface area contributed by atoms with Crippen LogP contribution < -0.4 is 16.0 Å². The van der Waals surface area contributed by atoms with Gasteiger partial charge in [0.15, 0.2) is 8.87 Å². The third kappa shape index (κ3) is 3.67. The smallest absolute Gasteiger partial charge is 0.315 e. The Balaban J connectivity index is 1.72. The van der Waals surface area contributed by atoms with Crippen LogP contribution in [0.2, 0.25) is 0 Å². The van der Waals surface area contributed by atoms with Gasteiger partial charge in [0.25, 0.3) is 0 Å². The zero-order valence-electron chi connectivity index (χ0n) is 9.30. The molecular formula is C8H15N3O3S3. The summed E-state index contributed by atoms with van der Waals surface area (Å²) in [4.78, 5) is 11.1. The van der Waals surface area contributed by atoms with Crippen molar-refractivity contribution in [3.8, 4) is 0 Å². The molecular weight excluding hydrogens is 282 g/mol. The number of carbonyl (C=O) groups excluding carboxylic acids is 1. The molecule has 6 nitrogen and oxygen atoms in total. The van der Waals surface area contributed by atoms with Gasteiger partial charge in [0.1, 0.15) is 0 Å². The van der Waals surface area contributed by atoms with Gasteiger partial charge in [0.05, 0.1) is 17.5 Å². The topological polar surface area (TPSA) is 87.3 Å². The first kappa shape index (κ1) is 13.3. The normalized spacial score (nSPS) is 32.1. The largest absolute Gasteiger partial charge is 0.332 e. The van der Waals surface area contributed by atoms with Gasteiger partial charge in [-0.3, -0.25) is 0 Å². The summed E-state index contributed by atoms with van der Waals surface area (Å²) in [5.74, 6) is 1.41. The maximum absolute atomic E-state index is 11.1. The summed E-state index contributed by atoms with van der Waals surface area (Å²) in [6, 6.07) is 0.181. The van der Waals surface area contributed by atoms with Crippen molar-refractivity contribution in [2.75, 3.05) is 24.3 Å². The van der Waals surface area contributed by atoms with E-state index in [1.807, 2.05) is 0 Å². The molecule has 2 saturated heterocycles. The number of urea groups is 1. The number of fused-ring (bicyclic) bond motifs is 1. The summed E-state index contributed by atoms with van der Waals surface area (Å²) in [7, 11) is -2.02. The minimum absolute atomic E-state index is 0.107. The number of amides is 2. The summed E-state index contributed by atoms with van der Waals surface area (Å²) in [5, 5.41) is 9.15. The average Bonchev–Trinajstić information content (AvgIpc) is 2.71. The molecule has 2 rings (SSSR count). The molecule has 0 unspecified atom stereocenters. The van der Waals surface area contributed by atoms with Crippen LogP contribution in [0.15, 0.2) is 0 Å². The molecule has 3 N–H and O–H groups in total. The highest BCUT2D eigenvalue weighted by Crippen LogP contribution is 2.27. The second-order valence-electron chi connectivity index (χ2n) is 3.98. The highest BCUT2D eigenvalue weighted by Gasteiger charge is 2.42. The quantitative estimate of drug-likeness (QED) is 0.357. The van der Waals surface area contributed by atoms with E-state index in [1.165, 1.54) is 6.26 Å². The first-order valence-electron chi connectivity index (χ1n) is 5.22. The molecule has 98 valence electrons. The van der Waals surface area contributed by atoms with Crippen molar-refractivity contribution in [3.05, 3.63) is 0 Å². The van der Waals surface area contributed by atoms with Crippen molar-refractivity contribution in [2.45, 2.75) is 17.5 Å². The molecule has 2 aliphatic heterocycles. The predicted octanol–water partition coefficient (Wildman–Crippen LogP) is -0.608. The summed E-state index contributed by atoms with van der Waals surface area (Å²) in [6.45, 7) is 0.620. The lowest BCUT2D eigenvalue weighted by Crippen LogP contribution is -2.45. The molecule has 0 aromatic rings. The highest BCUT2D eigenvalue weighted by molar-refractivity contribution is 8.71. The fourth-order valence-corrected chi connectivity index (χ4v) is 4.94. The number of carbonyl (C=O) groups is 1. The summed E-state index contributed by atoms with van der Waals surface area (Å²) in [5.41, 5.74) is 0. The molecule has 0 saturated carbocycles. The van der Waals surface area contributed by atoms with Gasteiger partial charge in [-0.2, -0.15) is 0 Å². The summed E-state index contributed by atoms with van der Waals surface area (Å²) >= 11 is 1.75. The van der Waals surface area contributed by atoms with Gasteiger partial charge in [-0.15, -0.1) is 11.8 Å². The van der Waals surface area contributed by atoms with Crippen LogP contribution in [0, 0.1) is 0 Å². The molecule has 0 bridgehead atoms. The maximum atomic E-state index is 11.1. The third-order valence-electron chi connectivity index (χ3n) is 2.57. The molecule has 0 spiro atoms. The van der Waals surface area contributed by atoms with Crippen LogP contribution in [0.25, 0.3) is 0 Å². The van der Waals surface area contributed by atoms with Crippen LogP contribution in [-0.4, -0.2) is 56.2 Å². The molecule has 0 aromatic heterocycles. The Labute approximate surface area is 108 Å². The average molecular weight is 297 g/mol. The van der Waals surface area contributed by atoms with E-state index in [1.54, 1.807) is 11.8 Å². The zero-order chi connectivity index (χ0) is 12.5. The number of thioether (sulfide) groups is 1. The molecule has 0 radical (unpaired) electrons. The van der Waals surface area contributed by atoms with Crippen LogP contribution in [0.1, 0.15) is 0 Å². The van der Waals surface area contributed by atoms with Gasteiger partial charge in [-0.1, -0.05) is 0 Å². The number of nitrogens with one attached hydrogen (secondary N) is 3. The van der Waals surface area contributed by atoms with E-state index in [2.05, 4.69) is 16.0 Å². The van der Waals surface area contributed by atoms with E-state index < -0.39 is 8.87 Å². The second-order valence-corrected chi connectivity index (χ2v) is 9.73. The van der Waals surface area contributed by atoms with Crippen LogP contribution in [0.3, 0.4) is 0 Å². The lowest BCUT2D eigenvalue weighted by Gasteiger charge is -2.17. The van der Waals surface area contributed by atoms with Crippen LogP contribution in [0.5, 0.6) is 0 Å². The first-order chi connectivity index (χ1) is 7.96. The Morgan fingerprint density at radius 3 is 3.00 bits per heavy atom. The molecule has 2 heterocycles. The number of hydrogen-bond donors (Lipinski definition) is 3. The second kappa shape index (κ2) is 5.25. The summed E-state index contributed by atoms with van der Waals surface area (Å²) in [6.07, 6.45) is 1.21. The fourth-order valence-electron chi connectivity index (χ4n) is 1.87. The lowest BCUT2D eigenvalue weighted by atomic mass is 10.2. The lowest BCUT2D eigenvalue weighted by molar-refractivity contribution is 0.246. The maximum Gasteiger partial charge on any atom is 0.315 e. The Morgan fingerprint density at radius 1 is 1.53 bits per heavy atom. The molecule has 0 aliphatic carbocycles. The van der Waals surface area contributed by atoms with Gasteiger partial charge >= 0.3 is 6.03 Å². The molecule has 17 heavy (non-hydrogen) atoms. The SMILES string of the molecule is CS(=O)(=O)SCCN[C@H]1SC[C@@H]2NC(=O)N[C@@H]21. The van der Waals surface area contributed by atoms with Gasteiger partial charge in [-0.05, 0) is 10.8 Å². The van der Waals surface area contributed by atoms with E-state index in [9.17, 15) is 13.2 Å². The molecule has 2 amide bonds. The zero-order valence-corrected chi connectivity index (χ0v) is 11.8. The predicted molar refractivity (Wildman–Crippen MR) is 70.8 cm³/mol. The Kier molecular flexibility index (Phi) is 4.11. The Bertz CT molecular complexity index is 400. The van der Waals surface area contributed by atoms with Crippen molar-refractivity contribution in [3.63, 3.8) is 0 Å². The standard InChI is InChI=1S/C8H15N3O3S3/c1-17(13,14)16-3-2-9-7-6-5(4-15-7)10-8(12)11-6/h5-7,9H,2-4H2,1H3,(H2,10,11,12)/t5-,6-,7-/m0/s1. The minimum Gasteiger partial charge on any atom is -0.332 e. The van der Waals surface area contributed by atoms with Crippen LogP contribution in [-0.2, 0) is 8.87 Å². The summed E-state index contributed by atoms with van der Waals surface area (Å²) < 4.78 is 21.8. The Hall–Kier alpha value is -0.120. The van der Waals surface area contributed by atoms with E-state index in [0.717, 1.165) is 16.5 Å². The van der Waals surface area contributed by atoms with Gasteiger partial charge in [0, 0.05) is 24.3 Å². The van der Waals surface area contributed by atoms with Gasteiger partial charge in [-0.25, -0.2) is 13.2 Å². The molecule has 9 heteroatoms. The highest BCUT2D eigenvalue weighted by atomic mass is 33.1. The van der Waals surface area contributed by atoms with Crippen molar-refractivity contribution in [1.29, 1.82) is 0 Å². The Morgan fingerprint density at radius 2 is 2.29 bits per heavy atom.